The Labute approximate surface area is 110 Å². The Hall–Kier alpha value is -1.13. The van der Waals surface area contributed by atoms with Crippen LogP contribution in [0.2, 0.25) is 5.15 Å². The molecule has 0 spiro atoms. The second kappa shape index (κ2) is 5.02. The van der Waals surface area contributed by atoms with Crippen molar-refractivity contribution in [1.29, 1.82) is 0 Å². The number of nitrogens with zero attached hydrogens (tertiary/aromatic N) is 2. The Bertz CT molecular complexity index is 524. The van der Waals surface area contributed by atoms with Crippen molar-refractivity contribution < 1.29 is 0 Å². The summed E-state index contributed by atoms with van der Waals surface area (Å²) in [6.07, 6.45) is 1.68. The Morgan fingerprint density at radius 2 is 2.18 bits per heavy atom. The Morgan fingerprint density at radius 3 is 2.76 bits per heavy atom. The van der Waals surface area contributed by atoms with Crippen LogP contribution in [0.4, 0.5) is 5.69 Å². The van der Waals surface area contributed by atoms with E-state index < -0.39 is 0 Å². The van der Waals surface area contributed by atoms with Crippen LogP contribution in [0.1, 0.15) is 28.5 Å². The van der Waals surface area contributed by atoms with Gasteiger partial charge in [0.1, 0.15) is 0 Å². The van der Waals surface area contributed by atoms with Crippen LogP contribution < -0.4 is 5.32 Å². The molecular formula is C12H14ClN3S. The third-order valence-electron chi connectivity index (χ3n) is 2.46. The summed E-state index contributed by atoms with van der Waals surface area (Å²) in [5.74, 6) is 0. The fourth-order valence-corrected chi connectivity index (χ4v) is 2.85. The van der Waals surface area contributed by atoms with Crippen molar-refractivity contribution in [3.63, 3.8) is 0 Å². The molecule has 0 amide bonds. The number of aryl methyl sites for hydroxylation is 2. The van der Waals surface area contributed by atoms with Crippen molar-refractivity contribution >= 4 is 28.6 Å². The van der Waals surface area contributed by atoms with Crippen LogP contribution in [0.5, 0.6) is 0 Å². The average molecular weight is 268 g/mol. The Kier molecular flexibility index (Phi) is 3.64. The van der Waals surface area contributed by atoms with Gasteiger partial charge in [-0.2, -0.15) is 0 Å². The first kappa shape index (κ1) is 12.3. The van der Waals surface area contributed by atoms with Crippen LogP contribution in [0.25, 0.3) is 0 Å². The molecule has 2 rings (SSSR count). The summed E-state index contributed by atoms with van der Waals surface area (Å²) in [5.41, 5.74) is 1.93. The van der Waals surface area contributed by atoms with Crippen molar-refractivity contribution in [2.24, 2.45) is 0 Å². The highest BCUT2D eigenvalue weighted by Crippen LogP contribution is 2.29. The fraction of sp³-hybridized carbons (Fsp3) is 0.333. The first-order valence-corrected chi connectivity index (χ1v) is 6.58. The Balaban J connectivity index is 2.20. The quantitative estimate of drug-likeness (QED) is 0.855. The van der Waals surface area contributed by atoms with E-state index in [-0.39, 0.29) is 6.04 Å². The first-order valence-electron chi connectivity index (χ1n) is 5.39. The van der Waals surface area contributed by atoms with Crippen LogP contribution in [0.15, 0.2) is 18.3 Å². The van der Waals surface area contributed by atoms with Crippen LogP contribution in [-0.2, 0) is 0 Å². The minimum Gasteiger partial charge on any atom is -0.375 e. The van der Waals surface area contributed by atoms with Crippen molar-refractivity contribution in [2.75, 3.05) is 5.32 Å². The molecule has 3 nitrogen and oxygen atoms in total. The highest BCUT2D eigenvalue weighted by molar-refractivity contribution is 7.11. The van der Waals surface area contributed by atoms with Gasteiger partial charge >= 0.3 is 0 Å². The molecule has 90 valence electrons. The number of rotatable bonds is 3. The number of hydrogen-bond acceptors (Lipinski definition) is 4. The molecule has 0 fully saturated rings. The van der Waals surface area contributed by atoms with Crippen LogP contribution >= 0.6 is 22.9 Å². The van der Waals surface area contributed by atoms with Gasteiger partial charge in [-0.15, -0.1) is 11.3 Å². The monoisotopic (exact) mass is 267 g/mol. The molecule has 0 saturated carbocycles. The normalized spacial score (nSPS) is 12.5. The summed E-state index contributed by atoms with van der Waals surface area (Å²) in [7, 11) is 0. The van der Waals surface area contributed by atoms with Gasteiger partial charge in [0.05, 0.1) is 22.4 Å². The summed E-state index contributed by atoms with van der Waals surface area (Å²) in [6.45, 7) is 6.15. The van der Waals surface area contributed by atoms with Gasteiger partial charge < -0.3 is 5.32 Å². The minimum atomic E-state index is 0.183. The van der Waals surface area contributed by atoms with Gasteiger partial charge in [0.25, 0.3) is 0 Å². The topological polar surface area (TPSA) is 37.8 Å². The van der Waals surface area contributed by atoms with Crippen molar-refractivity contribution in [3.8, 4) is 0 Å². The molecule has 0 aliphatic carbocycles. The summed E-state index contributed by atoms with van der Waals surface area (Å²) in [6, 6.07) is 3.98. The number of aromatic nitrogens is 2. The van der Waals surface area contributed by atoms with Gasteiger partial charge in [0.15, 0.2) is 5.15 Å². The second-order valence-corrected chi connectivity index (χ2v) is 5.48. The molecule has 0 aliphatic rings. The smallest absolute Gasteiger partial charge is 0.152 e. The Morgan fingerprint density at radius 1 is 1.41 bits per heavy atom. The summed E-state index contributed by atoms with van der Waals surface area (Å²) < 4.78 is 0. The average Bonchev–Trinajstić information content (AvgIpc) is 2.61. The molecule has 0 aromatic carbocycles. The van der Waals surface area contributed by atoms with E-state index in [4.69, 9.17) is 11.6 Å². The zero-order valence-corrected chi connectivity index (χ0v) is 11.6. The lowest BCUT2D eigenvalue weighted by molar-refractivity contribution is 0.888. The lowest BCUT2D eigenvalue weighted by atomic mass is 10.2. The van der Waals surface area contributed by atoms with E-state index in [1.165, 1.54) is 4.88 Å². The summed E-state index contributed by atoms with van der Waals surface area (Å²) >= 11 is 7.73. The van der Waals surface area contributed by atoms with Gasteiger partial charge in [-0.05, 0) is 32.9 Å². The number of halogens is 1. The first-order chi connectivity index (χ1) is 8.08. The maximum Gasteiger partial charge on any atom is 0.152 e. The highest BCUT2D eigenvalue weighted by atomic mass is 35.5. The van der Waals surface area contributed by atoms with Gasteiger partial charge in [-0.1, -0.05) is 11.6 Å². The summed E-state index contributed by atoms with van der Waals surface area (Å²) in [5, 5.41) is 4.94. The molecule has 2 heterocycles. The number of hydrogen-bond donors (Lipinski definition) is 1. The molecule has 0 saturated heterocycles. The van der Waals surface area contributed by atoms with Crippen LogP contribution in [-0.4, -0.2) is 9.97 Å². The molecule has 0 bridgehead atoms. The highest BCUT2D eigenvalue weighted by Gasteiger charge is 2.13. The SMILES string of the molecule is Cc1nc(C)c(C(C)Nc2cccnc2Cl)s1. The van der Waals surface area contributed by atoms with Gasteiger partial charge in [-0.3, -0.25) is 0 Å². The standard InChI is InChI=1S/C12H14ClN3S/c1-7-11(17-9(3)15-7)8(2)16-10-5-4-6-14-12(10)13/h4-6,8,16H,1-3H3. The van der Waals surface area contributed by atoms with E-state index in [9.17, 15) is 0 Å². The van der Waals surface area contributed by atoms with E-state index in [0.717, 1.165) is 16.4 Å². The molecule has 0 aliphatic heterocycles. The minimum absolute atomic E-state index is 0.183. The fourth-order valence-electron chi connectivity index (χ4n) is 1.74. The molecule has 2 aromatic heterocycles. The lowest BCUT2D eigenvalue weighted by Gasteiger charge is -2.14. The van der Waals surface area contributed by atoms with E-state index in [1.807, 2.05) is 26.0 Å². The predicted molar refractivity (Wildman–Crippen MR) is 72.9 cm³/mol. The van der Waals surface area contributed by atoms with Gasteiger partial charge in [0, 0.05) is 11.1 Å². The zero-order chi connectivity index (χ0) is 12.4. The second-order valence-electron chi connectivity index (χ2n) is 3.89. The maximum atomic E-state index is 6.01. The third kappa shape index (κ3) is 2.76. The largest absolute Gasteiger partial charge is 0.375 e. The zero-order valence-electron chi connectivity index (χ0n) is 9.99. The van der Waals surface area contributed by atoms with E-state index in [1.54, 1.807) is 17.5 Å². The van der Waals surface area contributed by atoms with Crippen molar-refractivity contribution in [2.45, 2.75) is 26.8 Å². The van der Waals surface area contributed by atoms with Crippen molar-refractivity contribution in [3.05, 3.63) is 39.1 Å². The predicted octanol–water partition coefficient (Wildman–Crippen LogP) is 3.98. The van der Waals surface area contributed by atoms with Crippen LogP contribution in [0, 0.1) is 13.8 Å². The maximum absolute atomic E-state index is 6.01. The molecule has 2 aromatic rings. The number of pyridine rings is 1. The number of anilines is 1. The molecular weight excluding hydrogens is 254 g/mol. The van der Waals surface area contributed by atoms with Crippen LogP contribution in [0.3, 0.4) is 0 Å². The van der Waals surface area contributed by atoms with Gasteiger partial charge in [-0.25, -0.2) is 9.97 Å². The third-order valence-corrected chi connectivity index (χ3v) is 4.02. The van der Waals surface area contributed by atoms with Crippen molar-refractivity contribution in [1.82, 2.24) is 9.97 Å². The van der Waals surface area contributed by atoms with Gasteiger partial charge in [0.2, 0.25) is 0 Å². The van der Waals surface area contributed by atoms with E-state index >= 15 is 0 Å². The molecule has 0 radical (unpaired) electrons. The summed E-state index contributed by atoms with van der Waals surface area (Å²) in [4.78, 5) is 9.71. The number of nitrogens with one attached hydrogen (secondary N) is 1. The molecule has 5 heteroatoms. The molecule has 1 N–H and O–H groups in total. The molecule has 1 unspecified atom stereocenters. The molecule has 1 atom stereocenters. The van der Waals surface area contributed by atoms with E-state index in [2.05, 4.69) is 22.2 Å². The van der Waals surface area contributed by atoms with E-state index in [0.29, 0.717) is 5.15 Å². The number of thiazole rings is 1. The molecule has 17 heavy (non-hydrogen) atoms. The lowest BCUT2D eigenvalue weighted by Crippen LogP contribution is -2.07.